The van der Waals surface area contributed by atoms with Crippen LogP contribution in [0, 0.1) is 18.6 Å². The van der Waals surface area contributed by atoms with E-state index in [1.54, 1.807) is 7.11 Å². The summed E-state index contributed by atoms with van der Waals surface area (Å²) in [6.07, 6.45) is 2.08. The van der Waals surface area contributed by atoms with E-state index in [1.807, 2.05) is 6.07 Å². The molecule has 0 radical (unpaired) electrons. The Hall–Kier alpha value is -2.50. The summed E-state index contributed by atoms with van der Waals surface area (Å²) in [6.45, 7) is 5.52. The molecule has 3 rings (SSSR count). The van der Waals surface area contributed by atoms with Crippen LogP contribution < -0.4 is 4.90 Å². The van der Waals surface area contributed by atoms with Gasteiger partial charge in [-0.1, -0.05) is 29.8 Å². The largest absolute Gasteiger partial charge is 0.379 e. The zero-order valence-electron chi connectivity index (χ0n) is 16.4. The molecule has 0 aliphatic rings. The van der Waals surface area contributed by atoms with E-state index in [4.69, 9.17) is 4.74 Å². The van der Waals surface area contributed by atoms with Crippen LogP contribution in [-0.2, 0) is 24.4 Å². The van der Waals surface area contributed by atoms with Gasteiger partial charge in [0.15, 0.2) is 0 Å². The molecule has 0 amide bonds. The van der Waals surface area contributed by atoms with E-state index >= 15 is 0 Å². The van der Waals surface area contributed by atoms with E-state index in [0.717, 1.165) is 25.7 Å². The number of rotatable bonds is 9. The first kappa shape index (κ1) is 20.2. The van der Waals surface area contributed by atoms with Crippen LogP contribution in [0.15, 0.2) is 60.8 Å². The van der Waals surface area contributed by atoms with Gasteiger partial charge in [0.1, 0.15) is 31.3 Å². The standard InChI is InChI=1S/C23H26F2N2O/c1-18-5-3-6-19(11-18)16-27-8-4-7-23(27)17-26(9-10-28-2)15-20-12-21(24)14-22(25)13-20/h3-8,11-14H,9-10,15-17H2,1-2H3/p+1. The normalized spacial score (nSPS) is 12.3. The zero-order valence-corrected chi connectivity index (χ0v) is 16.4. The lowest BCUT2D eigenvalue weighted by atomic mass is 10.1. The molecule has 5 heteroatoms. The van der Waals surface area contributed by atoms with Gasteiger partial charge in [-0.05, 0) is 36.8 Å². The molecule has 1 N–H and O–H groups in total. The van der Waals surface area contributed by atoms with Crippen molar-refractivity contribution in [3.8, 4) is 0 Å². The third-order valence-corrected chi connectivity index (χ3v) is 4.83. The Balaban J connectivity index is 1.75. The van der Waals surface area contributed by atoms with E-state index in [9.17, 15) is 8.78 Å². The summed E-state index contributed by atoms with van der Waals surface area (Å²) in [5, 5.41) is 0. The molecule has 148 valence electrons. The second-order valence-corrected chi connectivity index (χ2v) is 7.24. The summed E-state index contributed by atoms with van der Waals surface area (Å²) in [5.41, 5.74) is 4.33. The van der Waals surface area contributed by atoms with Gasteiger partial charge in [-0.2, -0.15) is 0 Å². The zero-order chi connectivity index (χ0) is 19.9. The Morgan fingerprint density at radius 2 is 1.71 bits per heavy atom. The fourth-order valence-corrected chi connectivity index (χ4v) is 3.51. The number of nitrogens with one attached hydrogen (secondary N) is 1. The SMILES string of the molecule is COCC[NH+](Cc1cc(F)cc(F)c1)Cc1cccn1Cc1cccc(C)c1. The molecule has 0 aliphatic carbocycles. The second-order valence-electron chi connectivity index (χ2n) is 7.24. The highest BCUT2D eigenvalue weighted by molar-refractivity contribution is 5.23. The molecule has 1 heterocycles. The lowest BCUT2D eigenvalue weighted by Crippen LogP contribution is -3.10. The van der Waals surface area contributed by atoms with Gasteiger partial charge in [-0.3, -0.25) is 0 Å². The number of halogens is 2. The van der Waals surface area contributed by atoms with Gasteiger partial charge >= 0.3 is 0 Å². The van der Waals surface area contributed by atoms with E-state index in [-0.39, 0.29) is 0 Å². The van der Waals surface area contributed by atoms with Crippen molar-refractivity contribution in [3.05, 3.63) is 94.8 Å². The summed E-state index contributed by atoms with van der Waals surface area (Å²) in [6, 6.07) is 16.3. The molecule has 2 aromatic carbocycles. The predicted octanol–water partition coefficient (Wildman–Crippen LogP) is 3.35. The van der Waals surface area contributed by atoms with Gasteiger partial charge in [-0.15, -0.1) is 0 Å². The van der Waals surface area contributed by atoms with Crippen molar-refractivity contribution in [3.63, 3.8) is 0 Å². The molecule has 28 heavy (non-hydrogen) atoms. The molecular formula is C23H27F2N2O+. The number of methoxy groups -OCH3 is 1. The Kier molecular flexibility index (Phi) is 6.95. The van der Waals surface area contributed by atoms with Gasteiger partial charge in [0.2, 0.25) is 0 Å². The van der Waals surface area contributed by atoms with Gasteiger partial charge < -0.3 is 14.2 Å². The molecule has 0 saturated heterocycles. The average Bonchev–Trinajstić information content (AvgIpc) is 3.05. The van der Waals surface area contributed by atoms with E-state index in [2.05, 4.69) is 48.0 Å². The number of quaternary nitrogens is 1. The lowest BCUT2D eigenvalue weighted by molar-refractivity contribution is -0.928. The predicted molar refractivity (Wildman–Crippen MR) is 106 cm³/mol. The number of nitrogens with zero attached hydrogens (tertiary/aromatic N) is 1. The number of ether oxygens (including phenoxy) is 1. The lowest BCUT2D eigenvalue weighted by Gasteiger charge is -2.21. The second kappa shape index (κ2) is 9.62. The van der Waals surface area contributed by atoms with Gasteiger partial charge in [-0.25, -0.2) is 8.78 Å². The Bertz CT molecular complexity index is 887. The molecule has 1 aromatic heterocycles. The van der Waals surface area contributed by atoms with Crippen LogP contribution in [0.4, 0.5) is 8.78 Å². The van der Waals surface area contributed by atoms with Gasteiger partial charge in [0.05, 0.1) is 12.3 Å². The molecule has 3 nitrogen and oxygen atoms in total. The van der Waals surface area contributed by atoms with E-state index < -0.39 is 11.6 Å². The minimum Gasteiger partial charge on any atom is -0.379 e. The third kappa shape index (κ3) is 5.75. The number of hydrogen-bond donors (Lipinski definition) is 1. The Labute approximate surface area is 165 Å². The van der Waals surface area contributed by atoms with Gasteiger partial charge in [0.25, 0.3) is 0 Å². The van der Waals surface area contributed by atoms with Crippen LogP contribution in [0.3, 0.4) is 0 Å². The van der Waals surface area contributed by atoms with Crippen molar-refractivity contribution < 1.29 is 18.4 Å². The number of aryl methyl sites for hydroxylation is 1. The molecule has 0 aliphatic heterocycles. The Morgan fingerprint density at radius 3 is 2.43 bits per heavy atom. The van der Waals surface area contributed by atoms with Crippen LogP contribution in [-0.4, -0.2) is 24.8 Å². The maximum atomic E-state index is 13.6. The van der Waals surface area contributed by atoms with Crippen molar-refractivity contribution in [2.24, 2.45) is 0 Å². The summed E-state index contributed by atoms with van der Waals surface area (Å²) >= 11 is 0. The minimum atomic E-state index is -0.538. The highest BCUT2D eigenvalue weighted by atomic mass is 19.1. The maximum absolute atomic E-state index is 13.6. The van der Waals surface area contributed by atoms with Crippen LogP contribution in [0.25, 0.3) is 0 Å². The molecule has 1 unspecified atom stereocenters. The third-order valence-electron chi connectivity index (χ3n) is 4.83. The van der Waals surface area contributed by atoms with Crippen LogP contribution >= 0.6 is 0 Å². The maximum Gasteiger partial charge on any atom is 0.126 e. The Morgan fingerprint density at radius 1 is 0.929 bits per heavy atom. The molecule has 0 bridgehead atoms. The quantitative estimate of drug-likeness (QED) is 0.598. The van der Waals surface area contributed by atoms with E-state index in [1.165, 1.54) is 33.9 Å². The topological polar surface area (TPSA) is 18.6 Å². The van der Waals surface area contributed by atoms with Gasteiger partial charge in [0, 0.05) is 31.5 Å². The fraction of sp³-hybridized carbons (Fsp3) is 0.304. The first-order chi connectivity index (χ1) is 13.5. The molecule has 0 saturated carbocycles. The van der Waals surface area contributed by atoms with Crippen molar-refractivity contribution in [2.75, 3.05) is 20.3 Å². The van der Waals surface area contributed by atoms with Crippen molar-refractivity contribution in [1.29, 1.82) is 0 Å². The number of aromatic nitrogens is 1. The smallest absolute Gasteiger partial charge is 0.126 e. The first-order valence-corrected chi connectivity index (χ1v) is 9.50. The first-order valence-electron chi connectivity index (χ1n) is 9.50. The highest BCUT2D eigenvalue weighted by Gasteiger charge is 2.15. The highest BCUT2D eigenvalue weighted by Crippen LogP contribution is 2.10. The molecule has 3 aromatic rings. The van der Waals surface area contributed by atoms with E-state index in [0.29, 0.717) is 18.7 Å². The molecule has 1 atom stereocenters. The summed E-state index contributed by atoms with van der Waals surface area (Å²) in [4.78, 5) is 1.19. The van der Waals surface area contributed by atoms with Crippen molar-refractivity contribution in [2.45, 2.75) is 26.6 Å². The monoisotopic (exact) mass is 385 g/mol. The van der Waals surface area contributed by atoms with Crippen LogP contribution in [0.1, 0.15) is 22.4 Å². The number of hydrogen-bond acceptors (Lipinski definition) is 1. The van der Waals surface area contributed by atoms with Crippen molar-refractivity contribution >= 4 is 0 Å². The summed E-state index contributed by atoms with van der Waals surface area (Å²) < 4.78 is 34.6. The molecular weight excluding hydrogens is 358 g/mol. The summed E-state index contributed by atoms with van der Waals surface area (Å²) in [5.74, 6) is -1.08. The minimum absolute atomic E-state index is 0.535. The number of benzene rings is 2. The van der Waals surface area contributed by atoms with Crippen molar-refractivity contribution in [1.82, 2.24) is 4.57 Å². The van der Waals surface area contributed by atoms with Crippen LogP contribution in [0.5, 0.6) is 0 Å². The fourth-order valence-electron chi connectivity index (χ4n) is 3.51. The molecule has 0 spiro atoms. The summed E-state index contributed by atoms with van der Waals surface area (Å²) in [7, 11) is 1.67. The molecule has 0 fully saturated rings. The average molecular weight is 385 g/mol. The van der Waals surface area contributed by atoms with Crippen LogP contribution in [0.2, 0.25) is 0 Å².